The largest absolute Gasteiger partial charge is 0.465 e. The highest BCUT2D eigenvalue weighted by atomic mass is 16.5. The molecule has 0 N–H and O–H groups in total. The van der Waals surface area contributed by atoms with Crippen molar-refractivity contribution < 1.29 is 23.9 Å². The molecule has 0 fully saturated rings. The number of carbonyl (C=O) groups is 3. The molecule has 0 rings (SSSR count). The van der Waals surface area contributed by atoms with Crippen molar-refractivity contribution in [1.29, 1.82) is 0 Å². The van der Waals surface area contributed by atoms with Crippen LogP contribution in [0.2, 0.25) is 0 Å². The fourth-order valence-electron chi connectivity index (χ4n) is 9.68. The number of hydrogen-bond donors (Lipinski definition) is 0. The lowest BCUT2D eigenvalue weighted by Crippen LogP contribution is -2.41. The molecule has 0 aromatic heterocycles. The van der Waals surface area contributed by atoms with Crippen molar-refractivity contribution in [2.24, 2.45) is 11.8 Å². The van der Waals surface area contributed by atoms with Crippen molar-refractivity contribution in [3.8, 4) is 0 Å². The summed E-state index contributed by atoms with van der Waals surface area (Å²) in [5.74, 6) is 1.40. The molecule has 7 nitrogen and oxygen atoms in total. The SMILES string of the molecule is CCCCCCCCCCN(C(=O)CCCN(C)C)C(CCCCCCCCC(=O)OCC(CCCC)CCCCCC)CCCCCCCCC(=O)OCC(CCCC)CCCCCC. The Morgan fingerprint density at radius 2 is 0.682 bits per heavy atom. The number of ether oxygens (including phenoxy) is 2. The Morgan fingerprint density at radius 3 is 1.09 bits per heavy atom. The Morgan fingerprint density at radius 1 is 0.348 bits per heavy atom. The lowest BCUT2D eigenvalue weighted by Gasteiger charge is -2.33. The second-order valence-electron chi connectivity index (χ2n) is 21.0. The molecule has 2 atom stereocenters. The highest BCUT2D eigenvalue weighted by Crippen LogP contribution is 2.23. The van der Waals surface area contributed by atoms with E-state index in [1.165, 1.54) is 173 Å². The molecule has 2 unspecified atom stereocenters. The highest BCUT2D eigenvalue weighted by molar-refractivity contribution is 5.76. The molecule has 0 radical (unpaired) electrons. The Kier molecular flexibility index (Phi) is 48.6. The van der Waals surface area contributed by atoms with Gasteiger partial charge in [-0.05, 0) is 96.7 Å². The third kappa shape index (κ3) is 42.5. The van der Waals surface area contributed by atoms with Crippen LogP contribution in [0.3, 0.4) is 0 Å². The third-order valence-electron chi connectivity index (χ3n) is 14.2. The van der Waals surface area contributed by atoms with Gasteiger partial charge in [0.1, 0.15) is 0 Å². The van der Waals surface area contributed by atoms with Crippen LogP contribution in [0.15, 0.2) is 0 Å². The van der Waals surface area contributed by atoms with Gasteiger partial charge in [-0.15, -0.1) is 0 Å². The van der Waals surface area contributed by atoms with Gasteiger partial charge in [-0.3, -0.25) is 14.4 Å². The summed E-state index contributed by atoms with van der Waals surface area (Å²) in [5, 5.41) is 0. The van der Waals surface area contributed by atoms with Crippen LogP contribution in [0.5, 0.6) is 0 Å². The van der Waals surface area contributed by atoms with Crippen molar-refractivity contribution in [3.05, 3.63) is 0 Å². The molecule has 1 amide bonds. The van der Waals surface area contributed by atoms with E-state index in [1.54, 1.807) is 0 Å². The highest BCUT2D eigenvalue weighted by Gasteiger charge is 2.23. The summed E-state index contributed by atoms with van der Waals surface area (Å²) in [6.07, 6.45) is 48.4. The van der Waals surface area contributed by atoms with Crippen LogP contribution in [-0.4, -0.2) is 74.1 Å². The topological polar surface area (TPSA) is 76.2 Å². The van der Waals surface area contributed by atoms with E-state index in [9.17, 15) is 14.4 Å². The number of amides is 1. The molecule has 7 heteroatoms. The maximum absolute atomic E-state index is 14.0. The summed E-state index contributed by atoms with van der Waals surface area (Å²) < 4.78 is 11.6. The van der Waals surface area contributed by atoms with Crippen LogP contribution in [-0.2, 0) is 23.9 Å². The molecule has 0 aromatic carbocycles. The third-order valence-corrected chi connectivity index (χ3v) is 14.2. The Labute approximate surface area is 412 Å². The minimum atomic E-state index is -0.00528. The van der Waals surface area contributed by atoms with Crippen molar-refractivity contribution in [2.45, 2.75) is 310 Å². The maximum Gasteiger partial charge on any atom is 0.305 e. The molecule has 0 aliphatic carbocycles. The molecule has 392 valence electrons. The van der Waals surface area contributed by atoms with E-state index < -0.39 is 0 Å². The Bertz CT molecular complexity index is 995. The first kappa shape index (κ1) is 64.4. The van der Waals surface area contributed by atoms with Gasteiger partial charge >= 0.3 is 11.9 Å². The molecule has 0 saturated heterocycles. The molecule has 0 saturated carbocycles. The van der Waals surface area contributed by atoms with Gasteiger partial charge in [-0.2, -0.15) is 0 Å². The number of hydrogen-bond acceptors (Lipinski definition) is 6. The summed E-state index contributed by atoms with van der Waals surface area (Å²) in [4.78, 5) is 43.7. The van der Waals surface area contributed by atoms with E-state index in [4.69, 9.17) is 9.47 Å². The van der Waals surface area contributed by atoms with Gasteiger partial charge < -0.3 is 19.3 Å². The zero-order valence-electron chi connectivity index (χ0n) is 45.7. The van der Waals surface area contributed by atoms with Crippen LogP contribution in [0.4, 0.5) is 0 Å². The zero-order chi connectivity index (χ0) is 48.6. The number of esters is 2. The quantitative estimate of drug-likeness (QED) is 0.0447. The summed E-state index contributed by atoms with van der Waals surface area (Å²) in [5.41, 5.74) is 0. The van der Waals surface area contributed by atoms with E-state index in [1.807, 2.05) is 0 Å². The fraction of sp³-hybridized carbons (Fsp3) is 0.949. The van der Waals surface area contributed by atoms with Crippen LogP contribution in [0.25, 0.3) is 0 Å². The van der Waals surface area contributed by atoms with Crippen LogP contribution >= 0.6 is 0 Å². The molecular weight excluding hydrogens is 817 g/mol. The molecule has 0 spiro atoms. The first-order valence-electron chi connectivity index (χ1n) is 29.5. The molecule has 0 heterocycles. The zero-order valence-corrected chi connectivity index (χ0v) is 45.7. The molecule has 0 aromatic rings. The van der Waals surface area contributed by atoms with Crippen molar-refractivity contribution in [2.75, 3.05) is 40.4 Å². The van der Waals surface area contributed by atoms with Gasteiger partial charge in [0, 0.05) is 31.8 Å². The molecule has 0 aliphatic rings. The summed E-state index contributed by atoms with van der Waals surface area (Å²) in [6.45, 7) is 14.4. The lowest BCUT2D eigenvalue weighted by molar-refractivity contribution is -0.146. The second-order valence-corrected chi connectivity index (χ2v) is 21.0. The molecule has 66 heavy (non-hydrogen) atoms. The van der Waals surface area contributed by atoms with Crippen LogP contribution in [0.1, 0.15) is 304 Å². The van der Waals surface area contributed by atoms with Gasteiger partial charge in [0.25, 0.3) is 0 Å². The normalized spacial score (nSPS) is 13.0. The van der Waals surface area contributed by atoms with Crippen LogP contribution < -0.4 is 0 Å². The van der Waals surface area contributed by atoms with E-state index >= 15 is 0 Å². The molecular formula is C59H116N2O5. The number of nitrogens with zero attached hydrogens (tertiary/aromatic N) is 2. The Hall–Kier alpha value is -1.63. The Balaban J connectivity index is 5.05. The fourth-order valence-corrected chi connectivity index (χ4v) is 9.68. The number of rotatable bonds is 52. The predicted octanol–water partition coefficient (Wildman–Crippen LogP) is 17.5. The van der Waals surface area contributed by atoms with E-state index in [0.717, 1.165) is 90.1 Å². The summed E-state index contributed by atoms with van der Waals surface area (Å²) >= 11 is 0. The van der Waals surface area contributed by atoms with Crippen molar-refractivity contribution in [3.63, 3.8) is 0 Å². The van der Waals surface area contributed by atoms with Gasteiger partial charge in [-0.1, -0.05) is 221 Å². The molecule has 0 aliphatic heterocycles. The lowest BCUT2D eigenvalue weighted by atomic mass is 9.96. The minimum Gasteiger partial charge on any atom is -0.465 e. The van der Waals surface area contributed by atoms with Gasteiger partial charge in [-0.25, -0.2) is 0 Å². The monoisotopic (exact) mass is 933 g/mol. The van der Waals surface area contributed by atoms with E-state index in [0.29, 0.717) is 56.3 Å². The van der Waals surface area contributed by atoms with Gasteiger partial charge in [0.05, 0.1) is 13.2 Å². The smallest absolute Gasteiger partial charge is 0.305 e. The average Bonchev–Trinajstić information content (AvgIpc) is 3.30. The van der Waals surface area contributed by atoms with E-state index in [2.05, 4.69) is 58.5 Å². The first-order chi connectivity index (χ1) is 32.2. The predicted molar refractivity (Wildman–Crippen MR) is 285 cm³/mol. The van der Waals surface area contributed by atoms with Crippen molar-refractivity contribution in [1.82, 2.24) is 9.80 Å². The summed E-state index contributed by atoms with van der Waals surface area (Å²) in [7, 11) is 4.20. The van der Waals surface area contributed by atoms with E-state index in [-0.39, 0.29) is 11.9 Å². The van der Waals surface area contributed by atoms with Crippen molar-refractivity contribution >= 4 is 17.8 Å². The second kappa shape index (κ2) is 49.8. The summed E-state index contributed by atoms with van der Waals surface area (Å²) in [6, 6.07) is 0.326. The standard InChI is InChI=1S/C59H116N2O5/c1-8-13-18-21-22-27-32-39-51-61(57(62)47-40-50-60(6)7)56(45-35-28-23-25-30-37-48-58(63)65-52-54(41-16-11-4)43-33-19-14-9-2)46-36-29-24-26-31-38-49-59(64)66-53-55(42-17-12-5)44-34-20-15-10-3/h54-56H,8-53H2,1-7H3. The first-order valence-corrected chi connectivity index (χ1v) is 29.5. The van der Waals surface area contributed by atoms with Gasteiger partial charge in [0.2, 0.25) is 5.91 Å². The van der Waals surface area contributed by atoms with Crippen LogP contribution in [0, 0.1) is 11.8 Å². The average molecular weight is 934 g/mol. The maximum atomic E-state index is 14.0. The number of carbonyl (C=O) groups excluding carboxylic acids is 3. The van der Waals surface area contributed by atoms with Gasteiger partial charge in [0.15, 0.2) is 0 Å². The minimum absolute atomic E-state index is 0.00528. The number of unbranched alkanes of at least 4 members (excludes halogenated alkanes) is 25. The molecule has 0 bridgehead atoms.